The van der Waals surface area contributed by atoms with Crippen molar-refractivity contribution in [3.63, 3.8) is 0 Å². The van der Waals surface area contributed by atoms with Crippen LogP contribution in [0.4, 0.5) is 11.5 Å². The summed E-state index contributed by atoms with van der Waals surface area (Å²) in [4.78, 5) is 23.5. The second-order valence-corrected chi connectivity index (χ2v) is 6.29. The van der Waals surface area contributed by atoms with Crippen LogP contribution in [0.15, 0.2) is 67.1 Å². The zero-order valence-corrected chi connectivity index (χ0v) is 14.8. The highest BCUT2D eigenvalue weighted by atomic mass is 16.5. The molecule has 0 radical (unpaired) electrons. The molecule has 3 heterocycles. The van der Waals surface area contributed by atoms with Gasteiger partial charge in [0.25, 0.3) is 5.91 Å². The number of carbonyl (C=O) groups excluding carboxylic acids is 1. The fourth-order valence-corrected chi connectivity index (χ4v) is 2.98. The van der Waals surface area contributed by atoms with Crippen molar-refractivity contribution in [1.82, 2.24) is 9.97 Å². The molecule has 27 heavy (non-hydrogen) atoms. The van der Waals surface area contributed by atoms with Gasteiger partial charge in [0.1, 0.15) is 5.82 Å². The second kappa shape index (κ2) is 7.97. The molecule has 1 aliphatic rings. The number of morpholine rings is 1. The molecule has 3 aromatic rings. The molecule has 1 fully saturated rings. The van der Waals surface area contributed by atoms with Gasteiger partial charge in [-0.15, -0.1) is 0 Å². The third-order valence-corrected chi connectivity index (χ3v) is 4.45. The van der Waals surface area contributed by atoms with Gasteiger partial charge in [0.15, 0.2) is 0 Å². The van der Waals surface area contributed by atoms with Gasteiger partial charge in [0.05, 0.1) is 18.8 Å². The summed E-state index contributed by atoms with van der Waals surface area (Å²) in [5.41, 5.74) is 3.05. The van der Waals surface area contributed by atoms with E-state index in [1.54, 1.807) is 12.4 Å². The summed E-state index contributed by atoms with van der Waals surface area (Å²) in [5.74, 6) is 0.751. The summed E-state index contributed by atoms with van der Waals surface area (Å²) >= 11 is 0. The summed E-state index contributed by atoms with van der Waals surface area (Å²) in [7, 11) is 0. The number of aromatic nitrogens is 2. The van der Waals surface area contributed by atoms with Gasteiger partial charge in [-0.1, -0.05) is 18.2 Å². The molecular formula is C21H20N4O2. The Bertz CT molecular complexity index is 907. The lowest BCUT2D eigenvalue weighted by molar-refractivity contribution is 0.102. The van der Waals surface area contributed by atoms with Crippen LogP contribution in [0.25, 0.3) is 11.1 Å². The fraction of sp³-hybridized carbons (Fsp3) is 0.190. The van der Waals surface area contributed by atoms with Crippen LogP contribution in [0, 0.1) is 0 Å². The maximum atomic E-state index is 12.5. The molecule has 2 aromatic heterocycles. The number of benzene rings is 1. The fourth-order valence-electron chi connectivity index (χ4n) is 2.98. The number of pyridine rings is 2. The Balaban J connectivity index is 1.51. The van der Waals surface area contributed by atoms with Crippen molar-refractivity contribution >= 4 is 17.4 Å². The van der Waals surface area contributed by atoms with Gasteiger partial charge in [-0.25, -0.2) is 4.98 Å². The van der Waals surface area contributed by atoms with Gasteiger partial charge in [0.2, 0.25) is 0 Å². The average molecular weight is 360 g/mol. The quantitative estimate of drug-likeness (QED) is 0.774. The Morgan fingerprint density at radius 2 is 1.78 bits per heavy atom. The molecule has 1 amide bonds. The Morgan fingerprint density at radius 1 is 0.963 bits per heavy atom. The molecule has 0 atom stereocenters. The van der Waals surface area contributed by atoms with E-state index in [1.807, 2.05) is 54.7 Å². The number of hydrogen-bond acceptors (Lipinski definition) is 5. The van der Waals surface area contributed by atoms with E-state index in [0.717, 1.165) is 48.9 Å². The van der Waals surface area contributed by atoms with Crippen LogP contribution in [-0.4, -0.2) is 42.2 Å². The lowest BCUT2D eigenvalue weighted by Crippen LogP contribution is -2.36. The summed E-state index contributed by atoms with van der Waals surface area (Å²) in [5, 5.41) is 2.88. The van der Waals surface area contributed by atoms with Crippen LogP contribution in [-0.2, 0) is 4.74 Å². The SMILES string of the molecule is O=C(Nc1ccccc1)c1cncc(-c2ccc(N3CCOCC3)nc2)c1. The molecule has 0 spiro atoms. The Hall–Kier alpha value is -3.25. The minimum Gasteiger partial charge on any atom is -0.378 e. The van der Waals surface area contributed by atoms with Crippen molar-refractivity contribution in [2.24, 2.45) is 0 Å². The van der Waals surface area contributed by atoms with Crippen LogP contribution in [0.3, 0.4) is 0 Å². The monoisotopic (exact) mass is 360 g/mol. The lowest BCUT2D eigenvalue weighted by atomic mass is 10.1. The van der Waals surface area contributed by atoms with Crippen molar-refractivity contribution in [1.29, 1.82) is 0 Å². The van der Waals surface area contributed by atoms with Crippen molar-refractivity contribution < 1.29 is 9.53 Å². The number of ether oxygens (including phenoxy) is 1. The van der Waals surface area contributed by atoms with E-state index in [-0.39, 0.29) is 5.91 Å². The van der Waals surface area contributed by atoms with E-state index in [9.17, 15) is 4.79 Å². The summed E-state index contributed by atoms with van der Waals surface area (Å²) in [6.45, 7) is 3.16. The maximum absolute atomic E-state index is 12.5. The topological polar surface area (TPSA) is 67.4 Å². The Morgan fingerprint density at radius 3 is 2.52 bits per heavy atom. The minimum atomic E-state index is -0.187. The highest BCUT2D eigenvalue weighted by Crippen LogP contribution is 2.22. The highest BCUT2D eigenvalue weighted by molar-refractivity contribution is 6.04. The van der Waals surface area contributed by atoms with Gasteiger partial charge < -0.3 is 15.0 Å². The highest BCUT2D eigenvalue weighted by Gasteiger charge is 2.13. The number of anilines is 2. The van der Waals surface area contributed by atoms with Crippen molar-refractivity contribution in [3.05, 3.63) is 72.7 Å². The van der Waals surface area contributed by atoms with E-state index in [4.69, 9.17) is 4.74 Å². The predicted octanol–water partition coefficient (Wildman–Crippen LogP) is 3.23. The zero-order valence-electron chi connectivity index (χ0n) is 14.8. The van der Waals surface area contributed by atoms with Crippen LogP contribution in [0.1, 0.15) is 10.4 Å². The first-order valence-corrected chi connectivity index (χ1v) is 8.90. The largest absolute Gasteiger partial charge is 0.378 e. The number of nitrogens with zero attached hydrogens (tertiary/aromatic N) is 3. The molecular weight excluding hydrogens is 340 g/mol. The first-order chi connectivity index (χ1) is 13.3. The standard InChI is InChI=1S/C21H20N4O2/c26-21(24-19-4-2-1-3-5-19)18-12-17(13-22-14-18)16-6-7-20(23-15-16)25-8-10-27-11-9-25/h1-7,12-15H,8-11H2,(H,24,26). The van der Waals surface area contributed by atoms with E-state index >= 15 is 0 Å². The molecule has 1 N–H and O–H groups in total. The smallest absolute Gasteiger partial charge is 0.257 e. The molecule has 0 saturated carbocycles. The first-order valence-electron chi connectivity index (χ1n) is 8.90. The third-order valence-electron chi connectivity index (χ3n) is 4.45. The van der Waals surface area contributed by atoms with Crippen molar-refractivity contribution in [3.8, 4) is 11.1 Å². The van der Waals surface area contributed by atoms with Crippen LogP contribution < -0.4 is 10.2 Å². The normalized spacial score (nSPS) is 14.0. The number of rotatable bonds is 4. The van der Waals surface area contributed by atoms with Gasteiger partial charge >= 0.3 is 0 Å². The summed E-state index contributed by atoms with van der Waals surface area (Å²) in [6, 6.07) is 15.2. The van der Waals surface area contributed by atoms with E-state index < -0.39 is 0 Å². The van der Waals surface area contributed by atoms with Gasteiger partial charge in [0, 0.05) is 48.5 Å². The Kier molecular flexibility index (Phi) is 5.07. The number of hydrogen-bond donors (Lipinski definition) is 1. The molecule has 0 bridgehead atoms. The number of para-hydroxylation sites is 1. The lowest BCUT2D eigenvalue weighted by Gasteiger charge is -2.27. The second-order valence-electron chi connectivity index (χ2n) is 6.29. The number of carbonyl (C=O) groups is 1. The molecule has 4 rings (SSSR count). The molecule has 6 heteroatoms. The van der Waals surface area contributed by atoms with Crippen LogP contribution in [0.2, 0.25) is 0 Å². The maximum Gasteiger partial charge on any atom is 0.257 e. The average Bonchev–Trinajstić information content (AvgIpc) is 2.75. The van der Waals surface area contributed by atoms with E-state index in [2.05, 4.69) is 20.2 Å². The molecule has 1 aromatic carbocycles. The molecule has 0 unspecified atom stereocenters. The minimum absolute atomic E-state index is 0.187. The van der Waals surface area contributed by atoms with Crippen LogP contribution in [0.5, 0.6) is 0 Å². The van der Waals surface area contributed by atoms with Crippen molar-refractivity contribution in [2.75, 3.05) is 36.5 Å². The predicted molar refractivity (Wildman–Crippen MR) is 105 cm³/mol. The Labute approximate surface area is 157 Å². The number of amides is 1. The first kappa shape index (κ1) is 17.2. The van der Waals surface area contributed by atoms with E-state index in [0.29, 0.717) is 5.56 Å². The van der Waals surface area contributed by atoms with Crippen molar-refractivity contribution in [2.45, 2.75) is 0 Å². The third kappa shape index (κ3) is 4.12. The molecule has 6 nitrogen and oxygen atoms in total. The van der Waals surface area contributed by atoms with Gasteiger partial charge in [-0.05, 0) is 30.3 Å². The van der Waals surface area contributed by atoms with Crippen LogP contribution >= 0.6 is 0 Å². The molecule has 1 saturated heterocycles. The molecule has 136 valence electrons. The van der Waals surface area contributed by atoms with Gasteiger partial charge in [-0.2, -0.15) is 0 Å². The zero-order chi connectivity index (χ0) is 18.5. The molecule has 0 aliphatic carbocycles. The number of nitrogens with one attached hydrogen (secondary N) is 1. The van der Waals surface area contributed by atoms with Gasteiger partial charge in [-0.3, -0.25) is 9.78 Å². The molecule has 1 aliphatic heterocycles. The van der Waals surface area contributed by atoms with E-state index in [1.165, 1.54) is 0 Å². The summed E-state index contributed by atoms with van der Waals surface area (Å²) in [6.07, 6.45) is 5.13. The summed E-state index contributed by atoms with van der Waals surface area (Å²) < 4.78 is 5.38.